The topological polar surface area (TPSA) is 59.5 Å². The number of carbonyl (C=O) groups excluding carboxylic acids is 1. The minimum Gasteiger partial charge on any atom is -0.464 e. The zero-order valence-corrected chi connectivity index (χ0v) is 16.6. The van der Waals surface area contributed by atoms with Crippen molar-refractivity contribution in [2.75, 3.05) is 13.1 Å². The van der Waals surface area contributed by atoms with E-state index in [9.17, 15) is 4.79 Å². The van der Waals surface area contributed by atoms with Crippen molar-refractivity contribution in [2.24, 2.45) is 5.73 Å². The van der Waals surface area contributed by atoms with Crippen molar-refractivity contribution in [2.45, 2.75) is 37.6 Å². The average Bonchev–Trinajstić information content (AvgIpc) is 3.39. The highest BCUT2D eigenvalue weighted by atomic mass is 35.5. The van der Waals surface area contributed by atoms with E-state index in [1.54, 1.807) is 6.26 Å². The SMILES string of the molecule is Cl.N[C@@H]1CN(C(=O)Cc2coc3cc4c(cc23)CCC4)C[C@H]1c1ccccc1. The highest BCUT2D eigenvalue weighted by molar-refractivity contribution is 5.89. The fraction of sp³-hybridized carbons (Fsp3) is 0.348. The molecule has 5 rings (SSSR count). The van der Waals surface area contributed by atoms with Gasteiger partial charge >= 0.3 is 0 Å². The Hall–Kier alpha value is -2.30. The maximum absolute atomic E-state index is 12.9. The van der Waals surface area contributed by atoms with Gasteiger partial charge in [-0.3, -0.25) is 4.79 Å². The highest BCUT2D eigenvalue weighted by Crippen LogP contribution is 2.31. The smallest absolute Gasteiger partial charge is 0.227 e. The number of fused-ring (bicyclic) bond motifs is 2. The molecule has 28 heavy (non-hydrogen) atoms. The van der Waals surface area contributed by atoms with Crippen molar-refractivity contribution in [3.8, 4) is 0 Å². The van der Waals surface area contributed by atoms with Crippen LogP contribution in [-0.2, 0) is 24.1 Å². The van der Waals surface area contributed by atoms with Crippen LogP contribution in [0, 0.1) is 0 Å². The third-order valence-electron chi connectivity index (χ3n) is 6.16. The average molecular weight is 397 g/mol. The second kappa shape index (κ2) is 7.61. The Morgan fingerprint density at radius 3 is 2.64 bits per heavy atom. The second-order valence-corrected chi connectivity index (χ2v) is 7.89. The first-order chi connectivity index (χ1) is 13.2. The summed E-state index contributed by atoms with van der Waals surface area (Å²) in [5.41, 5.74) is 12.3. The molecule has 2 heterocycles. The molecular weight excluding hydrogens is 372 g/mol. The van der Waals surface area contributed by atoms with Gasteiger partial charge in [-0.25, -0.2) is 0 Å². The van der Waals surface area contributed by atoms with Gasteiger partial charge in [0.1, 0.15) is 5.58 Å². The number of halogens is 1. The Labute approximate surface area is 171 Å². The summed E-state index contributed by atoms with van der Waals surface area (Å²) in [5.74, 6) is 0.339. The van der Waals surface area contributed by atoms with Crippen molar-refractivity contribution in [3.05, 3.63) is 71.0 Å². The molecule has 2 atom stereocenters. The van der Waals surface area contributed by atoms with Gasteiger partial charge < -0.3 is 15.1 Å². The summed E-state index contributed by atoms with van der Waals surface area (Å²) in [6.45, 7) is 1.30. The van der Waals surface area contributed by atoms with Crippen molar-refractivity contribution in [1.82, 2.24) is 4.90 Å². The molecule has 1 aliphatic carbocycles. The molecule has 146 valence electrons. The van der Waals surface area contributed by atoms with Gasteiger partial charge in [0.05, 0.1) is 12.7 Å². The molecule has 2 aromatic carbocycles. The Balaban J connectivity index is 0.00000192. The fourth-order valence-corrected chi connectivity index (χ4v) is 4.65. The first-order valence-electron chi connectivity index (χ1n) is 9.79. The Bertz CT molecular complexity index is 999. The predicted octanol–water partition coefficient (Wildman–Crippen LogP) is 3.84. The number of nitrogens with zero attached hydrogens (tertiary/aromatic N) is 1. The van der Waals surface area contributed by atoms with Crippen LogP contribution in [0.25, 0.3) is 11.0 Å². The Kier molecular flexibility index (Phi) is 5.17. The van der Waals surface area contributed by atoms with Crippen LogP contribution in [0.1, 0.15) is 34.6 Å². The normalized spacial score (nSPS) is 21.0. The van der Waals surface area contributed by atoms with Crippen LogP contribution >= 0.6 is 12.4 Å². The van der Waals surface area contributed by atoms with Crippen LogP contribution in [0.3, 0.4) is 0 Å². The molecule has 2 aliphatic rings. The lowest BCUT2D eigenvalue weighted by Gasteiger charge is -2.16. The number of hydrogen-bond donors (Lipinski definition) is 1. The molecule has 0 spiro atoms. The van der Waals surface area contributed by atoms with E-state index in [0.29, 0.717) is 19.5 Å². The third-order valence-corrected chi connectivity index (χ3v) is 6.16. The fourth-order valence-electron chi connectivity index (χ4n) is 4.65. The van der Waals surface area contributed by atoms with Crippen molar-refractivity contribution in [3.63, 3.8) is 0 Å². The van der Waals surface area contributed by atoms with Gasteiger partial charge in [-0.1, -0.05) is 30.3 Å². The quantitative estimate of drug-likeness (QED) is 0.731. The number of aryl methyl sites for hydroxylation is 2. The van der Waals surface area contributed by atoms with Gasteiger partial charge in [0, 0.05) is 36.0 Å². The number of rotatable bonds is 3. The lowest BCUT2D eigenvalue weighted by molar-refractivity contribution is -0.129. The number of likely N-dealkylation sites (tertiary alicyclic amines) is 1. The molecule has 5 heteroatoms. The van der Waals surface area contributed by atoms with Crippen molar-refractivity contribution < 1.29 is 9.21 Å². The largest absolute Gasteiger partial charge is 0.464 e. The van der Waals surface area contributed by atoms with Gasteiger partial charge in [0.25, 0.3) is 0 Å². The zero-order valence-electron chi connectivity index (χ0n) is 15.8. The number of nitrogens with two attached hydrogens (primary N) is 1. The molecule has 0 radical (unpaired) electrons. The molecule has 0 saturated carbocycles. The summed E-state index contributed by atoms with van der Waals surface area (Å²) in [5, 5.41) is 1.09. The molecule has 1 fully saturated rings. The lowest BCUT2D eigenvalue weighted by atomic mass is 9.95. The molecule has 1 aliphatic heterocycles. The highest BCUT2D eigenvalue weighted by Gasteiger charge is 2.34. The number of furan rings is 1. The van der Waals surface area contributed by atoms with Gasteiger partial charge in [0.15, 0.2) is 0 Å². The first-order valence-corrected chi connectivity index (χ1v) is 9.79. The third kappa shape index (κ3) is 3.31. The van der Waals surface area contributed by atoms with Crippen LogP contribution in [-0.4, -0.2) is 29.9 Å². The number of amides is 1. The predicted molar refractivity (Wildman–Crippen MR) is 113 cm³/mol. The summed E-state index contributed by atoms with van der Waals surface area (Å²) in [7, 11) is 0. The minimum absolute atomic E-state index is 0. The van der Waals surface area contributed by atoms with Gasteiger partial charge in [-0.2, -0.15) is 0 Å². The van der Waals surface area contributed by atoms with E-state index < -0.39 is 0 Å². The summed E-state index contributed by atoms with van der Waals surface area (Å²) < 4.78 is 5.75. The summed E-state index contributed by atoms with van der Waals surface area (Å²) in [6, 6.07) is 14.6. The van der Waals surface area contributed by atoms with E-state index in [1.807, 2.05) is 23.1 Å². The molecule has 2 N–H and O–H groups in total. The maximum atomic E-state index is 12.9. The Morgan fingerprint density at radius 2 is 1.86 bits per heavy atom. The van der Waals surface area contributed by atoms with Gasteiger partial charge in [0.2, 0.25) is 5.91 Å². The molecule has 1 amide bonds. The molecule has 1 saturated heterocycles. The zero-order chi connectivity index (χ0) is 18.4. The van der Waals surface area contributed by atoms with Crippen LogP contribution in [0.2, 0.25) is 0 Å². The molecule has 0 unspecified atom stereocenters. The molecule has 3 aromatic rings. The van der Waals surface area contributed by atoms with Crippen molar-refractivity contribution in [1.29, 1.82) is 0 Å². The van der Waals surface area contributed by atoms with Gasteiger partial charge in [-0.15, -0.1) is 12.4 Å². The second-order valence-electron chi connectivity index (χ2n) is 7.89. The van der Waals surface area contributed by atoms with Gasteiger partial charge in [-0.05, 0) is 48.1 Å². The monoisotopic (exact) mass is 396 g/mol. The summed E-state index contributed by atoms with van der Waals surface area (Å²) >= 11 is 0. The molecular formula is C23H25ClN2O2. The van der Waals surface area contributed by atoms with E-state index in [2.05, 4.69) is 24.3 Å². The molecule has 0 bridgehead atoms. The van der Waals surface area contributed by atoms with Crippen LogP contribution in [0.15, 0.2) is 53.1 Å². The summed E-state index contributed by atoms with van der Waals surface area (Å²) in [6.07, 6.45) is 5.60. The lowest BCUT2D eigenvalue weighted by Crippen LogP contribution is -2.33. The maximum Gasteiger partial charge on any atom is 0.227 e. The number of hydrogen-bond acceptors (Lipinski definition) is 3. The van der Waals surface area contributed by atoms with Crippen molar-refractivity contribution >= 4 is 29.3 Å². The van der Waals surface area contributed by atoms with Crippen LogP contribution < -0.4 is 5.73 Å². The van der Waals surface area contributed by atoms with E-state index >= 15 is 0 Å². The van der Waals surface area contributed by atoms with Crippen LogP contribution in [0.4, 0.5) is 0 Å². The number of carbonyl (C=O) groups is 1. The summed E-state index contributed by atoms with van der Waals surface area (Å²) in [4.78, 5) is 14.9. The van der Waals surface area contributed by atoms with E-state index in [-0.39, 0.29) is 30.3 Å². The van der Waals surface area contributed by atoms with E-state index in [0.717, 1.165) is 29.4 Å². The Morgan fingerprint density at radius 1 is 1.11 bits per heavy atom. The van der Waals surface area contributed by atoms with Crippen LogP contribution in [0.5, 0.6) is 0 Å². The number of benzene rings is 2. The molecule has 4 nitrogen and oxygen atoms in total. The van der Waals surface area contributed by atoms with E-state index in [1.165, 1.54) is 23.1 Å². The first kappa shape index (κ1) is 19.0. The van der Waals surface area contributed by atoms with E-state index in [4.69, 9.17) is 10.2 Å². The standard InChI is InChI=1S/C23H24N2O2.ClH/c24-21-13-25(12-20(21)15-5-2-1-3-6-15)23(26)11-18-14-27-22-10-17-8-4-7-16(17)9-19(18)22;/h1-3,5-6,9-10,14,20-21H,4,7-8,11-13,24H2;1H/t20-,21+;/m0./s1. The molecule has 1 aromatic heterocycles. The minimum atomic E-state index is -0.0132.